The van der Waals surface area contributed by atoms with E-state index in [1.165, 1.54) is 11.6 Å². The monoisotopic (exact) mass is 422 g/mol. The quantitative estimate of drug-likeness (QED) is 0.631. The summed E-state index contributed by atoms with van der Waals surface area (Å²) in [5.41, 5.74) is 5.14. The van der Waals surface area contributed by atoms with E-state index < -0.39 is 0 Å². The van der Waals surface area contributed by atoms with Gasteiger partial charge in [-0.05, 0) is 55.7 Å². The van der Waals surface area contributed by atoms with Crippen molar-refractivity contribution in [2.75, 3.05) is 26.2 Å². The van der Waals surface area contributed by atoms with Crippen LogP contribution in [0.15, 0.2) is 54.6 Å². The molecular formula is C25H31FN4O. The van der Waals surface area contributed by atoms with E-state index >= 15 is 0 Å². The van der Waals surface area contributed by atoms with Crippen molar-refractivity contribution in [2.24, 2.45) is 0 Å². The number of nitrogens with zero attached hydrogens (tertiary/aromatic N) is 4. The maximum absolute atomic E-state index is 14.1. The summed E-state index contributed by atoms with van der Waals surface area (Å²) in [6.45, 7) is 8.38. The molecule has 0 unspecified atom stereocenters. The fraction of sp³-hybridized carbons (Fsp3) is 0.400. The Kier molecular flexibility index (Phi) is 6.80. The summed E-state index contributed by atoms with van der Waals surface area (Å²) in [6, 6.07) is 17.7. The van der Waals surface area contributed by atoms with Gasteiger partial charge in [-0.3, -0.25) is 9.80 Å². The van der Waals surface area contributed by atoms with Gasteiger partial charge in [-0.15, -0.1) is 0 Å². The predicted molar refractivity (Wildman–Crippen MR) is 121 cm³/mol. The third kappa shape index (κ3) is 5.21. The standard InChI is InChI=1S/C25H31FN4O/c1-19-14-20(2)30(27-19)25-9-8-23(26)15-22(25)17-28-11-12-29(24(18-28)10-13-31)16-21-6-4-3-5-7-21/h3-9,14-15,24,31H,10-13,16-18H2,1-2H3/t24-/m1/s1. The highest BCUT2D eigenvalue weighted by Gasteiger charge is 2.27. The molecule has 31 heavy (non-hydrogen) atoms. The molecule has 164 valence electrons. The number of aliphatic hydroxyl groups is 1. The number of rotatable bonds is 7. The van der Waals surface area contributed by atoms with Crippen LogP contribution in [-0.4, -0.2) is 57.0 Å². The Labute approximate surface area is 183 Å². The number of halogens is 1. The summed E-state index contributed by atoms with van der Waals surface area (Å²) in [5, 5.41) is 14.2. The molecule has 1 fully saturated rings. The van der Waals surface area contributed by atoms with E-state index in [-0.39, 0.29) is 18.5 Å². The molecule has 4 rings (SSSR count). The molecule has 1 atom stereocenters. The lowest BCUT2D eigenvalue weighted by molar-refractivity contribution is 0.0499. The number of hydrogen-bond acceptors (Lipinski definition) is 4. The van der Waals surface area contributed by atoms with Gasteiger partial charge in [-0.25, -0.2) is 9.07 Å². The Bertz CT molecular complexity index is 1000. The molecule has 0 radical (unpaired) electrons. The van der Waals surface area contributed by atoms with E-state index in [0.717, 1.165) is 55.2 Å². The lowest BCUT2D eigenvalue weighted by Crippen LogP contribution is -2.52. The fourth-order valence-corrected chi connectivity index (χ4v) is 4.55. The number of benzene rings is 2. The van der Waals surface area contributed by atoms with Crippen molar-refractivity contribution in [1.82, 2.24) is 19.6 Å². The molecule has 0 bridgehead atoms. The van der Waals surface area contributed by atoms with Crippen LogP contribution >= 0.6 is 0 Å². The van der Waals surface area contributed by atoms with E-state index in [0.29, 0.717) is 6.54 Å². The summed E-state index contributed by atoms with van der Waals surface area (Å²) in [7, 11) is 0. The minimum absolute atomic E-state index is 0.167. The molecule has 0 amide bonds. The molecule has 1 aliphatic rings. The van der Waals surface area contributed by atoms with E-state index in [4.69, 9.17) is 0 Å². The molecule has 2 aromatic carbocycles. The van der Waals surface area contributed by atoms with Crippen LogP contribution in [0.3, 0.4) is 0 Å². The van der Waals surface area contributed by atoms with Crippen molar-refractivity contribution in [2.45, 2.75) is 39.4 Å². The number of aliphatic hydroxyl groups excluding tert-OH is 1. The largest absolute Gasteiger partial charge is 0.396 e. The van der Waals surface area contributed by atoms with Crippen LogP contribution < -0.4 is 0 Å². The average molecular weight is 423 g/mol. The van der Waals surface area contributed by atoms with Gasteiger partial charge in [-0.2, -0.15) is 5.10 Å². The van der Waals surface area contributed by atoms with Crippen LogP contribution in [0, 0.1) is 19.7 Å². The lowest BCUT2D eigenvalue weighted by Gasteiger charge is -2.41. The van der Waals surface area contributed by atoms with Crippen molar-refractivity contribution < 1.29 is 9.50 Å². The van der Waals surface area contributed by atoms with Crippen LogP contribution in [0.5, 0.6) is 0 Å². The zero-order valence-corrected chi connectivity index (χ0v) is 18.3. The van der Waals surface area contributed by atoms with Crippen LogP contribution in [0.1, 0.15) is 28.9 Å². The molecule has 1 saturated heterocycles. The summed E-state index contributed by atoms with van der Waals surface area (Å²) < 4.78 is 16.0. The van der Waals surface area contributed by atoms with Crippen molar-refractivity contribution >= 4 is 0 Å². The second-order valence-corrected chi connectivity index (χ2v) is 8.47. The third-order valence-corrected chi connectivity index (χ3v) is 6.05. The van der Waals surface area contributed by atoms with Gasteiger partial charge in [0, 0.05) is 51.1 Å². The third-order valence-electron chi connectivity index (χ3n) is 6.05. The first kappa shape index (κ1) is 21.7. The molecule has 1 aliphatic heterocycles. The maximum Gasteiger partial charge on any atom is 0.123 e. The van der Waals surface area contributed by atoms with Crippen molar-refractivity contribution in [3.8, 4) is 5.69 Å². The van der Waals surface area contributed by atoms with Crippen LogP contribution in [0.25, 0.3) is 5.69 Å². The summed E-state index contributed by atoms with van der Waals surface area (Å²) in [5.74, 6) is -0.227. The zero-order valence-electron chi connectivity index (χ0n) is 18.3. The highest BCUT2D eigenvalue weighted by atomic mass is 19.1. The molecule has 3 aromatic rings. The van der Waals surface area contributed by atoms with Crippen molar-refractivity contribution in [1.29, 1.82) is 0 Å². The van der Waals surface area contributed by atoms with Gasteiger partial charge in [0.25, 0.3) is 0 Å². The molecule has 1 N–H and O–H groups in total. The van der Waals surface area contributed by atoms with Gasteiger partial charge in [0.2, 0.25) is 0 Å². The van der Waals surface area contributed by atoms with Crippen LogP contribution in [0.2, 0.25) is 0 Å². The number of aryl methyl sites for hydroxylation is 2. The van der Waals surface area contributed by atoms with Gasteiger partial charge in [0.05, 0.1) is 11.4 Å². The smallest absolute Gasteiger partial charge is 0.123 e. The van der Waals surface area contributed by atoms with Crippen molar-refractivity contribution in [3.05, 3.63) is 82.9 Å². The second kappa shape index (κ2) is 9.73. The SMILES string of the molecule is Cc1cc(C)n(-c2ccc(F)cc2CN2CCN(Cc3ccccc3)[C@H](CCO)C2)n1. The first-order valence-electron chi connectivity index (χ1n) is 11.0. The van der Waals surface area contributed by atoms with Gasteiger partial charge < -0.3 is 5.11 Å². The van der Waals surface area contributed by atoms with Crippen LogP contribution in [0.4, 0.5) is 4.39 Å². The van der Waals surface area contributed by atoms with Gasteiger partial charge in [0.1, 0.15) is 5.82 Å². The Balaban J connectivity index is 1.51. The molecule has 1 aromatic heterocycles. The average Bonchev–Trinajstić information content (AvgIpc) is 3.09. The predicted octanol–water partition coefficient (Wildman–Crippen LogP) is 3.70. The molecular weight excluding hydrogens is 391 g/mol. The number of piperazine rings is 1. The summed E-state index contributed by atoms with van der Waals surface area (Å²) in [4.78, 5) is 4.82. The van der Waals surface area contributed by atoms with Crippen molar-refractivity contribution in [3.63, 3.8) is 0 Å². The Morgan fingerprint density at radius 1 is 1.03 bits per heavy atom. The number of hydrogen-bond donors (Lipinski definition) is 1. The lowest BCUT2D eigenvalue weighted by atomic mass is 10.1. The van der Waals surface area contributed by atoms with E-state index in [1.54, 1.807) is 6.07 Å². The first-order valence-corrected chi connectivity index (χ1v) is 11.0. The van der Waals surface area contributed by atoms with E-state index in [9.17, 15) is 9.50 Å². The molecule has 0 aliphatic carbocycles. The van der Waals surface area contributed by atoms with E-state index in [2.05, 4.69) is 39.2 Å². The Hall–Kier alpha value is -2.54. The normalized spacial score (nSPS) is 17.9. The first-order chi connectivity index (χ1) is 15.0. The van der Waals surface area contributed by atoms with Gasteiger partial charge in [0.15, 0.2) is 0 Å². The minimum Gasteiger partial charge on any atom is -0.396 e. The summed E-state index contributed by atoms with van der Waals surface area (Å²) >= 11 is 0. The Morgan fingerprint density at radius 2 is 1.84 bits per heavy atom. The molecule has 0 saturated carbocycles. The minimum atomic E-state index is -0.227. The summed E-state index contributed by atoms with van der Waals surface area (Å²) in [6.07, 6.45) is 0.733. The Morgan fingerprint density at radius 3 is 2.55 bits per heavy atom. The van der Waals surface area contributed by atoms with Crippen LogP contribution in [-0.2, 0) is 13.1 Å². The topological polar surface area (TPSA) is 44.5 Å². The van der Waals surface area contributed by atoms with E-state index in [1.807, 2.05) is 36.7 Å². The fourth-order valence-electron chi connectivity index (χ4n) is 4.55. The molecule has 6 heteroatoms. The highest BCUT2D eigenvalue weighted by molar-refractivity contribution is 5.42. The molecule has 0 spiro atoms. The maximum atomic E-state index is 14.1. The van der Waals surface area contributed by atoms with Gasteiger partial charge >= 0.3 is 0 Å². The zero-order chi connectivity index (χ0) is 21.8. The second-order valence-electron chi connectivity index (χ2n) is 8.47. The molecule has 2 heterocycles. The van der Waals surface area contributed by atoms with Gasteiger partial charge in [-0.1, -0.05) is 30.3 Å². The highest BCUT2D eigenvalue weighted by Crippen LogP contribution is 2.23. The number of aromatic nitrogens is 2. The molecule has 5 nitrogen and oxygen atoms in total.